The summed E-state index contributed by atoms with van der Waals surface area (Å²) >= 11 is 4.09. The van der Waals surface area contributed by atoms with Crippen LogP contribution in [0.4, 0.5) is 0 Å². The summed E-state index contributed by atoms with van der Waals surface area (Å²) in [7, 11) is 0. The van der Waals surface area contributed by atoms with Crippen molar-refractivity contribution in [2.24, 2.45) is 0 Å². The largest absolute Gasteiger partial charge is 2.00 e. The number of allylic oxidation sites excluding steroid dienone is 4. The van der Waals surface area contributed by atoms with E-state index < -0.39 is 0 Å². The van der Waals surface area contributed by atoms with Crippen LogP contribution >= 0.6 is 33.9 Å². The molecule has 0 amide bonds. The molecule has 49 heavy (non-hydrogen) atoms. The molecule has 2 aliphatic rings. The second-order valence-electron chi connectivity index (χ2n) is 12.3. The molecule has 0 spiro atoms. The first-order chi connectivity index (χ1) is 23.3. The molecule has 0 aliphatic carbocycles. The fraction of sp³-hybridized carbons (Fsp3) is 0.381. The van der Waals surface area contributed by atoms with Crippen molar-refractivity contribution in [2.75, 3.05) is 0 Å². The van der Waals surface area contributed by atoms with Crippen molar-refractivity contribution in [1.82, 2.24) is 19.9 Å². The maximum Gasteiger partial charge on any atom is 2.00 e. The van der Waals surface area contributed by atoms with Crippen LogP contribution in [0.25, 0.3) is 44.4 Å². The van der Waals surface area contributed by atoms with Gasteiger partial charge in [0.05, 0.1) is 30.5 Å². The number of aromatic nitrogens is 4. The first-order valence-corrected chi connectivity index (χ1v) is 19.7. The summed E-state index contributed by atoms with van der Waals surface area (Å²) in [5.41, 5.74) is 19.3. The second kappa shape index (κ2) is 16.0. The van der Waals surface area contributed by atoms with Crippen LogP contribution in [0.3, 0.4) is 0 Å². The van der Waals surface area contributed by atoms with Gasteiger partial charge in [0.25, 0.3) is 0 Å². The first-order valence-electron chi connectivity index (χ1n) is 17.8. The van der Waals surface area contributed by atoms with E-state index in [0.29, 0.717) is 0 Å². The Morgan fingerprint density at radius 2 is 1.04 bits per heavy atom. The zero-order valence-electron chi connectivity index (χ0n) is 29.9. The average Bonchev–Trinajstić information content (AvgIpc) is 3.89. The number of thiophene rings is 1. The van der Waals surface area contributed by atoms with Gasteiger partial charge in [0.1, 0.15) is 0 Å². The van der Waals surface area contributed by atoms with Crippen molar-refractivity contribution in [3.05, 3.63) is 88.7 Å². The van der Waals surface area contributed by atoms with Crippen LogP contribution in [0.1, 0.15) is 137 Å². The molecule has 2 aliphatic heterocycles. The summed E-state index contributed by atoms with van der Waals surface area (Å²) in [5, 5.41) is 0. The molecule has 256 valence electrons. The van der Waals surface area contributed by atoms with Crippen LogP contribution in [0, 0.1) is 14.7 Å². The molecule has 8 bridgehead atoms. The van der Waals surface area contributed by atoms with Gasteiger partial charge in [-0.1, -0.05) is 108 Å². The summed E-state index contributed by atoms with van der Waals surface area (Å²) < 4.78 is 1.23. The predicted octanol–water partition coefficient (Wildman–Crippen LogP) is 11.3. The molecular weight excluding hydrogens is 778 g/mol. The van der Waals surface area contributed by atoms with Gasteiger partial charge in [0, 0.05) is 5.56 Å². The Bertz CT molecular complexity index is 2200. The molecule has 0 fully saturated rings. The van der Waals surface area contributed by atoms with Crippen molar-refractivity contribution in [3.8, 4) is 11.8 Å². The normalized spacial score (nSPS) is 12.8. The minimum absolute atomic E-state index is 0. The molecule has 6 rings (SSSR count). The summed E-state index contributed by atoms with van der Waals surface area (Å²) in [6.07, 6.45) is 7.21. The Morgan fingerprint density at radius 1 is 0.571 bits per heavy atom. The molecule has 0 saturated carbocycles. The van der Waals surface area contributed by atoms with Gasteiger partial charge in [-0.2, -0.15) is 0 Å². The zero-order valence-corrected chi connectivity index (χ0v) is 33.9. The molecule has 4 aromatic rings. The molecule has 0 radical (unpaired) electrons. The van der Waals surface area contributed by atoms with Crippen LogP contribution < -0.4 is 9.97 Å². The topological polar surface area (TPSA) is 54.0 Å². The number of rotatable bonds is 8. The van der Waals surface area contributed by atoms with Crippen molar-refractivity contribution in [2.45, 2.75) is 107 Å². The third-order valence-corrected chi connectivity index (χ3v) is 11.6. The standard InChI is InChI=1S/C42H45IN4S.Ni/c1-9-25-27(11-3)36-22-38-29(13-5)31(15-7)41(46-38)33(19-17-24-18-20-40(43)48-24)42-32(16-8)30(14-6)39(47-42)23-37-28(12-4)26(10-2)35(45-37)21-34(25)44-36;/h18,20-23H,9-16H2,1-8H3;/q-2;+2. The number of hydrogen-bond acceptors (Lipinski definition) is 3. The Hall–Kier alpha value is -2.92. The van der Waals surface area contributed by atoms with Crippen molar-refractivity contribution < 1.29 is 16.5 Å². The van der Waals surface area contributed by atoms with Crippen molar-refractivity contribution in [3.63, 3.8) is 0 Å². The summed E-state index contributed by atoms with van der Waals surface area (Å²) in [6.45, 7) is 17.9. The van der Waals surface area contributed by atoms with Gasteiger partial charge >= 0.3 is 16.5 Å². The number of fused-ring (bicyclic) bond motifs is 8. The fourth-order valence-electron chi connectivity index (χ4n) is 7.64. The van der Waals surface area contributed by atoms with Gasteiger partial charge in [0.2, 0.25) is 0 Å². The van der Waals surface area contributed by atoms with E-state index in [4.69, 9.17) is 19.9 Å². The third-order valence-electron chi connectivity index (χ3n) is 9.84. The predicted molar refractivity (Wildman–Crippen MR) is 214 cm³/mol. The van der Waals surface area contributed by atoms with E-state index in [1.807, 2.05) is 0 Å². The fourth-order valence-corrected chi connectivity index (χ4v) is 9.11. The number of hydrogen-bond donors (Lipinski definition) is 0. The molecule has 0 saturated heterocycles. The van der Waals surface area contributed by atoms with Crippen LogP contribution in [-0.2, 0) is 42.2 Å². The van der Waals surface area contributed by atoms with Gasteiger partial charge in [-0.3, -0.25) is 0 Å². The van der Waals surface area contributed by atoms with E-state index in [0.717, 1.165) is 107 Å². The molecule has 0 aromatic carbocycles. The Balaban J connectivity index is 0.00000468. The van der Waals surface area contributed by atoms with E-state index in [1.165, 1.54) is 47.4 Å². The molecule has 0 atom stereocenters. The van der Waals surface area contributed by atoms with Crippen molar-refractivity contribution in [1.29, 1.82) is 0 Å². The Morgan fingerprint density at radius 3 is 1.51 bits per heavy atom. The number of halogens is 1. The van der Waals surface area contributed by atoms with Crippen molar-refractivity contribution >= 4 is 78.3 Å². The first kappa shape index (κ1) is 37.3. The smallest absolute Gasteiger partial charge is 0.657 e. The van der Waals surface area contributed by atoms with Gasteiger partial charge in [0.15, 0.2) is 0 Å². The van der Waals surface area contributed by atoms with Crippen LogP contribution in [0.15, 0.2) is 30.3 Å². The molecule has 4 aromatic heterocycles. The number of aryl methyl sites for hydroxylation is 4. The maximum atomic E-state index is 5.47. The Kier molecular flexibility index (Phi) is 12.2. The van der Waals surface area contributed by atoms with Gasteiger partial charge in [-0.05, 0) is 108 Å². The molecule has 7 heteroatoms. The van der Waals surface area contributed by atoms with Gasteiger partial charge in [-0.15, -0.1) is 33.4 Å². The number of nitrogens with zero attached hydrogens (tertiary/aromatic N) is 4. The van der Waals surface area contributed by atoms with E-state index in [9.17, 15) is 0 Å². The SMILES string of the molecule is CCC1=C(CC)c2cc3[n-]c(c(C#Cc4ccc(I)s4)c4nc(cc5[n-]c(cc1n2)c(CC)c5CC)C(CC)=C4CC)c(CC)c3CC.[Ni+2]. The quantitative estimate of drug-likeness (QED) is 0.101. The van der Waals surface area contributed by atoms with E-state index in [1.54, 1.807) is 11.3 Å². The van der Waals surface area contributed by atoms with E-state index in [2.05, 4.69) is 120 Å². The summed E-state index contributed by atoms with van der Waals surface area (Å²) in [6, 6.07) is 11.0. The van der Waals surface area contributed by atoms with E-state index in [-0.39, 0.29) is 16.5 Å². The molecular formula is C42H45IN4NiS. The van der Waals surface area contributed by atoms with Crippen LogP contribution in [0.2, 0.25) is 0 Å². The second-order valence-corrected chi connectivity index (χ2v) is 15.3. The van der Waals surface area contributed by atoms with E-state index >= 15 is 0 Å². The molecule has 0 unspecified atom stereocenters. The maximum absolute atomic E-state index is 5.47. The minimum Gasteiger partial charge on any atom is -0.657 e. The molecule has 4 nitrogen and oxygen atoms in total. The zero-order chi connectivity index (χ0) is 34.1. The average molecular weight is 824 g/mol. The van der Waals surface area contributed by atoms with Gasteiger partial charge < -0.3 is 9.97 Å². The monoisotopic (exact) mass is 822 g/mol. The molecule has 6 heterocycles. The van der Waals surface area contributed by atoms with Crippen LogP contribution in [-0.4, -0.2) is 9.97 Å². The molecule has 0 N–H and O–H groups in total. The minimum atomic E-state index is 0. The third kappa shape index (κ3) is 6.78. The van der Waals surface area contributed by atoms with Gasteiger partial charge in [-0.25, -0.2) is 9.97 Å². The summed E-state index contributed by atoms with van der Waals surface area (Å²) in [5.74, 6) is 7.19. The summed E-state index contributed by atoms with van der Waals surface area (Å²) in [4.78, 5) is 22.6. The Labute approximate surface area is 319 Å². The van der Waals surface area contributed by atoms with Crippen LogP contribution in [0.5, 0.6) is 0 Å².